The fourth-order valence-corrected chi connectivity index (χ4v) is 3.37. The summed E-state index contributed by atoms with van der Waals surface area (Å²) >= 11 is 0. The first-order valence-electron chi connectivity index (χ1n) is 7.57. The van der Waals surface area contributed by atoms with Gasteiger partial charge in [0, 0.05) is 18.9 Å². The van der Waals surface area contributed by atoms with Crippen LogP contribution in [0.5, 0.6) is 0 Å². The van der Waals surface area contributed by atoms with Crippen LogP contribution in [0.3, 0.4) is 0 Å². The molecule has 0 unspecified atom stereocenters. The van der Waals surface area contributed by atoms with Crippen molar-refractivity contribution < 1.29 is 13.9 Å². The van der Waals surface area contributed by atoms with Crippen LogP contribution in [0.1, 0.15) is 31.1 Å². The van der Waals surface area contributed by atoms with Crippen molar-refractivity contribution >= 4 is 17.1 Å². The van der Waals surface area contributed by atoms with E-state index in [0.717, 1.165) is 49.3 Å². The molecule has 2 aliphatic heterocycles. The number of nitrogens with zero attached hydrogens (tertiary/aromatic N) is 2. The quantitative estimate of drug-likeness (QED) is 0.793. The maximum absolute atomic E-state index is 11.8. The van der Waals surface area contributed by atoms with E-state index in [1.54, 1.807) is 0 Å². The minimum atomic E-state index is -0.0757. The van der Waals surface area contributed by atoms with Gasteiger partial charge in [0.15, 0.2) is 11.5 Å². The summed E-state index contributed by atoms with van der Waals surface area (Å²) in [6, 6.07) is 7.77. The van der Waals surface area contributed by atoms with E-state index in [1.165, 1.54) is 0 Å². The number of ether oxygens (including phenoxy) is 1. The highest BCUT2D eigenvalue weighted by molar-refractivity contribution is 5.77. The molecule has 5 nitrogen and oxygen atoms in total. The molecule has 21 heavy (non-hydrogen) atoms. The zero-order valence-corrected chi connectivity index (χ0v) is 11.8. The average Bonchev–Trinajstić information content (AvgIpc) is 3.13. The van der Waals surface area contributed by atoms with Crippen molar-refractivity contribution in [3.63, 3.8) is 0 Å². The number of fused-ring (bicyclic) bond motifs is 1. The molecule has 0 spiro atoms. The summed E-state index contributed by atoms with van der Waals surface area (Å²) in [6.07, 6.45) is 2.93. The van der Waals surface area contributed by atoms with Crippen LogP contribution in [0.25, 0.3) is 11.1 Å². The summed E-state index contributed by atoms with van der Waals surface area (Å²) < 4.78 is 11.0. The zero-order chi connectivity index (χ0) is 14.2. The first-order valence-corrected chi connectivity index (χ1v) is 7.57. The van der Waals surface area contributed by atoms with Gasteiger partial charge in [-0.3, -0.25) is 9.69 Å². The molecule has 110 valence electrons. The molecular formula is C16H18N2O3. The van der Waals surface area contributed by atoms with E-state index >= 15 is 0 Å². The lowest BCUT2D eigenvalue weighted by atomic mass is 9.96. The Hall–Kier alpha value is -1.88. The number of para-hydroxylation sites is 2. The Balaban J connectivity index is 1.56. The van der Waals surface area contributed by atoms with Crippen molar-refractivity contribution in [1.29, 1.82) is 0 Å². The Kier molecular flexibility index (Phi) is 3.15. The number of esters is 1. The summed E-state index contributed by atoms with van der Waals surface area (Å²) in [5, 5.41) is 0. The van der Waals surface area contributed by atoms with Gasteiger partial charge in [-0.1, -0.05) is 12.1 Å². The summed E-state index contributed by atoms with van der Waals surface area (Å²) in [5.74, 6) is 0.986. The second kappa shape index (κ2) is 5.15. The van der Waals surface area contributed by atoms with Gasteiger partial charge in [0.2, 0.25) is 0 Å². The molecule has 0 radical (unpaired) electrons. The molecule has 0 amide bonds. The maximum Gasteiger partial charge on any atom is 0.323 e. The summed E-state index contributed by atoms with van der Waals surface area (Å²) in [6.45, 7) is 2.33. The molecule has 2 aromatic rings. The van der Waals surface area contributed by atoms with Crippen molar-refractivity contribution in [2.45, 2.75) is 31.2 Å². The van der Waals surface area contributed by atoms with Gasteiger partial charge in [-0.05, 0) is 31.5 Å². The third-order valence-corrected chi connectivity index (χ3v) is 4.46. The molecule has 0 saturated carbocycles. The largest absolute Gasteiger partial charge is 0.464 e. The number of carbonyl (C=O) groups is 1. The number of hydrogen-bond donors (Lipinski definition) is 0. The Bertz CT molecular complexity index is 633. The van der Waals surface area contributed by atoms with E-state index < -0.39 is 0 Å². The second-order valence-corrected chi connectivity index (χ2v) is 5.83. The predicted molar refractivity (Wildman–Crippen MR) is 76.9 cm³/mol. The lowest BCUT2D eigenvalue weighted by Gasteiger charge is -2.33. The number of aromatic nitrogens is 1. The fourth-order valence-electron chi connectivity index (χ4n) is 3.37. The summed E-state index contributed by atoms with van der Waals surface area (Å²) in [4.78, 5) is 18.6. The van der Waals surface area contributed by atoms with Crippen LogP contribution in [0, 0.1) is 0 Å². The summed E-state index contributed by atoms with van der Waals surface area (Å²) in [7, 11) is 0. The van der Waals surface area contributed by atoms with Gasteiger partial charge >= 0.3 is 5.97 Å². The number of benzene rings is 1. The third-order valence-electron chi connectivity index (χ3n) is 4.46. The molecule has 0 N–H and O–H groups in total. The van der Waals surface area contributed by atoms with Gasteiger partial charge < -0.3 is 9.15 Å². The number of carbonyl (C=O) groups excluding carboxylic acids is 1. The number of piperidine rings is 1. The highest BCUT2D eigenvalue weighted by Crippen LogP contribution is 2.31. The highest BCUT2D eigenvalue weighted by Gasteiger charge is 2.36. The van der Waals surface area contributed by atoms with Crippen LogP contribution in [0.15, 0.2) is 28.7 Å². The van der Waals surface area contributed by atoms with Gasteiger partial charge in [0.05, 0.1) is 6.61 Å². The molecule has 2 saturated heterocycles. The van der Waals surface area contributed by atoms with Gasteiger partial charge in [-0.25, -0.2) is 4.98 Å². The molecular weight excluding hydrogens is 268 g/mol. The van der Waals surface area contributed by atoms with Crippen LogP contribution >= 0.6 is 0 Å². The monoisotopic (exact) mass is 286 g/mol. The normalized spacial score (nSPS) is 27.1. The molecule has 2 atom stereocenters. The lowest BCUT2D eigenvalue weighted by Crippen LogP contribution is -2.44. The van der Waals surface area contributed by atoms with Crippen molar-refractivity contribution in [1.82, 2.24) is 9.88 Å². The highest BCUT2D eigenvalue weighted by atomic mass is 16.5. The number of cyclic esters (lactones) is 1. The fraction of sp³-hybridized carbons (Fsp3) is 0.500. The Morgan fingerprint density at radius 1 is 1.24 bits per heavy atom. The SMILES string of the molecule is O=C1OCC[C@H]1N1CCC[C@H](c2nc3ccccc3o2)C1. The maximum atomic E-state index is 11.8. The third kappa shape index (κ3) is 2.31. The van der Waals surface area contributed by atoms with Gasteiger partial charge in [-0.2, -0.15) is 0 Å². The number of rotatable bonds is 2. The summed E-state index contributed by atoms with van der Waals surface area (Å²) in [5.41, 5.74) is 1.75. The van der Waals surface area contributed by atoms with E-state index in [-0.39, 0.29) is 17.9 Å². The molecule has 3 heterocycles. The first-order chi connectivity index (χ1) is 10.3. The molecule has 2 fully saturated rings. The van der Waals surface area contributed by atoms with Crippen molar-refractivity contribution in [3.05, 3.63) is 30.2 Å². The Labute approximate surface area is 122 Å². The van der Waals surface area contributed by atoms with Crippen LogP contribution < -0.4 is 0 Å². The molecule has 2 aliphatic rings. The van der Waals surface area contributed by atoms with Crippen LogP contribution in [-0.4, -0.2) is 41.6 Å². The molecule has 4 rings (SSSR count). The standard InChI is InChI=1S/C16H18N2O3/c19-16-13(7-9-20-16)18-8-3-4-11(10-18)15-17-12-5-1-2-6-14(12)21-15/h1-2,5-6,11,13H,3-4,7-10H2/t11-,13+/m0/s1. The van der Waals surface area contributed by atoms with Crippen molar-refractivity contribution in [2.24, 2.45) is 0 Å². The van der Waals surface area contributed by atoms with E-state index in [2.05, 4.69) is 9.88 Å². The first kappa shape index (κ1) is 12.8. The molecule has 0 bridgehead atoms. The zero-order valence-electron chi connectivity index (χ0n) is 11.8. The second-order valence-electron chi connectivity index (χ2n) is 5.83. The predicted octanol–water partition coefficient (Wildman–Crippen LogP) is 2.32. The Morgan fingerprint density at radius 2 is 2.14 bits per heavy atom. The number of likely N-dealkylation sites (tertiary alicyclic amines) is 1. The van der Waals surface area contributed by atoms with E-state index in [4.69, 9.17) is 9.15 Å². The van der Waals surface area contributed by atoms with E-state index in [9.17, 15) is 4.79 Å². The topological polar surface area (TPSA) is 55.6 Å². The molecule has 1 aromatic carbocycles. The van der Waals surface area contributed by atoms with Crippen molar-refractivity contribution in [3.8, 4) is 0 Å². The van der Waals surface area contributed by atoms with Crippen LogP contribution in [0.2, 0.25) is 0 Å². The van der Waals surface area contributed by atoms with Crippen LogP contribution in [0.4, 0.5) is 0 Å². The van der Waals surface area contributed by atoms with Crippen LogP contribution in [-0.2, 0) is 9.53 Å². The molecule has 5 heteroatoms. The van der Waals surface area contributed by atoms with Gasteiger partial charge in [-0.15, -0.1) is 0 Å². The minimum absolute atomic E-state index is 0.0721. The van der Waals surface area contributed by atoms with Gasteiger partial charge in [0.1, 0.15) is 11.6 Å². The van der Waals surface area contributed by atoms with Crippen molar-refractivity contribution in [2.75, 3.05) is 19.7 Å². The van der Waals surface area contributed by atoms with E-state index in [0.29, 0.717) is 6.61 Å². The lowest BCUT2D eigenvalue weighted by molar-refractivity contribution is -0.142. The Morgan fingerprint density at radius 3 is 2.95 bits per heavy atom. The molecule has 1 aromatic heterocycles. The smallest absolute Gasteiger partial charge is 0.323 e. The minimum Gasteiger partial charge on any atom is -0.464 e. The van der Waals surface area contributed by atoms with Gasteiger partial charge in [0.25, 0.3) is 0 Å². The average molecular weight is 286 g/mol. The number of oxazole rings is 1. The molecule has 0 aliphatic carbocycles. The van der Waals surface area contributed by atoms with E-state index in [1.807, 2.05) is 24.3 Å². The number of hydrogen-bond acceptors (Lipinski definition) is 5.